The molecule has 3 heterocycles. The van der Waals surface area contributed by atoms with Crippen LogP contribution in [0.25, 0.3) is 17.2 Å². The van der Waals surface area contributed by atoms with Crippen LogP contribution in [0.15, 0.2) is 36.7 Å². The molecule has 0 atom stereocenters. The third-order valence-corrected chi connectivity index (χ3v) is 2.92. The number of imidazole rings is 1. The van der Waals surface area contributed by atoms with E-state index >= 15 is 0 Å². The molecule has 6 nitrogen and oxygen atoms in total. The summed E-state index contributed by atoms with van der Waals surface area (Å²) in [6, 6.07) is 7.72. The first kappa shape index (κ1) is 12.6. The number of nitrogens with zero attached hydrogens (tertiary/aromatic N) is 4. The number of fused-ring (bicyclic) bond motifs is 1. The number of ether oxygens (including phenoxy) is 1. The van der Waals surface area contributed by atoms with Gasteiger partial charge in [-0.05, 0) is 12.1 Å². The molecule has 20 heavy (non-hydrogen) atoms. The summed E-state index contributed by atoms with van der Waals surface area (Å²) in [6.07, 6.45) is 3.87. The van der Waals surface area contributed by atoms with Gasteiger partial charge in [0.2, 0.25) is 0 Å². The van der Waals surface area contributed by atoms with Crippen molar-refractivity contribution in [3.8, 4) is 11.5 Å². The molecule has 102 valence electrons. The molecule has 3 rings (SSSR count). The third-order valence-electron chi connectivity index (χ3n) is 2.92. The van der Waals surface area contributed by atoms with Gasteiger partial charge in [-0.3, -0.25) is 0 Å². The predicted molar refractivity (Wildman–Crippen MR) is 76.5 cm³/mol. The maximum absolute atomic E-state index is 5.13. The van der Waals surface area contributed by atoms with Crippen LogP contribution in [-0.2, 0) is 11.3 Å². The van der Waals surface area contributed by atoms with Crippen LogP contribution in [0.1, 0.15) is 5.69 Å². The SMILES string of the molecule is CNc1cc(COC)nc(-c2cn3ccccc3n2)n1. The summed E-state index contributed by atoms with van der Waals surface area (Å²) >= 11 is 0. The smallest absolute Gasteiger partial charge is 0.182 e. The molecule has 3 aromatic heterocycles. The Kier molecular flexibility index (Phi) is 3.30. The van der Waals surface area contributed by atoms with Gasteiger partial charge in [0.05, 0.1) is 12.3 Å². The first-order chi connectivity index (χ1) is 9.80. The Morgan fingerprint density at radius 1 is 1.25 bits per heavy atom. The fraction of sp³-hybridized carbons (Fsp3) is 0.214. The van der Waals surface area contributed by atoms with Gasteiger partial charge >= 0.3 is 0 Å². The summed E-state index contributed by atoms with van der Waals surface area (Å²) in [5.41, 5.74) is 2.43. The number of anilines is 1. The highest BCUT2D eigenvalue weighted by atomic mass is 16.5. The van der Waals surface area contributed by atoms with Gasteiger partial charge in [-0.2, -0.15) is 0 Å². The van der Waals surface area contributed by atoms with E-state index in [1.54, 1.807) is 7.11 Å². The third kappa shape index (κ3) is 2.33. The molecule has 0 aliphatic carbocycles. The predicted octanol–water partition coefficient (Wildman–Crippen LogP) is 1.98. The van der Waals surface area contributed by atoms with Crippen molar-refractivity contribution in [3.05, 3.63) is 42.4 Å². The van der Waals surface area contributed by atoms with Gasteiger partial charge in [0.1, 0.15) is 17.2 Å². The highest BCUT2D eigenvalue weighted by molar-refractivity contribution is 5.57. The zero-order valence-corrected chi connectivity index (χ0v) is 11.4. The lowest BCUT2D eigenvalue weighted by Crippen LogP contribution is -2.02. The van der Waals surface area contributed by atoms with Gasteiger partial charge in [-0.1, -0.05) is 6.07 Å². The van der Waals surface area contributed by atoms with Gasteiger partial charge < -0.3 is 14.5 Å². The van der Waals surface area contributed by atoms with Gasteiger partial charge in [0, 0.05) is 32.6 Å². The maximum Gasteiger partial charge on any atom is 0.182 e. The minimum absolute atomic E-state index is 0.442. The van der Waals surface area contributed by atoms with Crippen LogP contribution >= 0.6 is 0 Å². The number of nitrogens with one attached hydrogen (secondary N) is 1. The van der Waals surface area contributed by atoms with Crippen LogP contribution in [0.4, 0.5) is 5.82 Å². The normalized spacial score (nSPS) is 10.9. The van der Waals surface area contributed by atoms with Crippen LogP contribution < -0.4 is 5.32 Å². The Labute approximate surface area is 116 Å². The van der Waals surface area contributed by atoms with Crippen molar-refractivity contribution in [3.63, 3.8) is 0 Å². The number of pyridine rings is 1. The van der Waals surface area contributed by atoms with Crippen LogP contribution in [0.3, 0.4) is 0 Å². The van der Waals surface area contributed by atoms with E-state index in [9.17, 15) is 0 Å². The highest BCUT2D eigenvalue weighted by Gasteiger charge is 2.10. The number of rotatable bonds is 4. The average Bonchev–Trinajstić information content (AvgIpc) is 2.91. The summed E-state index contributed by atoms with van der Waals surface area (Å²) in [7, 11) is 3.47. The molecular weight excluding hydrogens is 254 g/mol. The molecule has 0 aliphatic rings. The molecule has 0 saturated heterocycles. The number of hydrogen-bond donors (Lipinski definition) is 1. The number of hydrogen-bond acceptors (Lipinski definition) is 5. The minimum Gasteiger partial charge on any atom is -0.378 e. The molecule has 0 fully saturated rings. The van der Waals surface area contributed by atoms with Crippen molar-refractivity contribution in [1.82, 2.24) is 19.4 Å². The molecule has 6 heteroatoms. The highest BCUT2D eigenvalue weighted by Crippen LogP contribution is 2.18. The van der Waals surface area contributed by atoms with Gasteiger partial charge in [-0.15, -0.1) is 0 Å². The Bertz CT molecular complexity index is 704. The molecule has 0 aliphatic heterocycles. The van der Waals surface area contributed by atoms with Crippen molar-refractivity contribution in [2.75, 3.05) is 19.5 Å². The van der Waals surface area contributed by atoms with Crippen molar-refractivity contribution in [2.24, 2.45) is 0 Å². The second-order valence-electron chi connectivity index (χ2n) is 4.34. The Morgan fingerprint density at radius 3 is 2.90 bits per heavy atom. The van der Waals surface area contributed by atoms with Crippen molar-refractivity contribution >= 4 is 11.5 Å². The van der Waals surface area contributed by atoms with Gasteiger partial charge in [0.25, 0.3) is 0 Å². The van der Waals surface area contributed by atoms with E-state index in [-0.39, 0.29) is 0 Å². The molecule has 0 bridgehead atoms. The van der Waals surface area contributed by atoms with Crippen LogP contribution in [0, 0.1) is 0 Å². The Balaban J connectivity index is 2.09. The van der Waals surface area contributed by atoms with E-state index in [0.717, 1.165) is 22.9 Å². The van der Waals surface area contributed by atoms with Crippen LogP contribution in [-0.4, -0.2) is 33.5 Å². The van der Waals surface area contributed by atoms with E-state index in [1.807, 2.05) is 48.1 Å². The fourth-order valence-corrected chi connectivity index (χ4v) is 2.00. The van der Waals surface area contributed by atoms with E-state index in [1.165, 1.54) is 0 Å². The van der Waals surface area contributed by atoms with Crippen molar-refractivity contribution in [1.29, 1.82) is 0 Å². The molecule has 3 aromatic rings. The molecule has 1 N–H and O–H groups in total. The van der Waals surface area contributed by atoms with Crippen molar-refractivity contribution in [2.45, 2.75) is 6.61 Å². The second-order valence-corrected chi connectivity index (χ2v) is 4.34. The van der Waals surface area contributed by atoms with E-state index in [0.29, 0.717) is 12.4 Å². The quantitative estimate of drug-likeness (QED) is 0.784. The first-order valence-corrected chi connectivity index (χ1v) is 6.29. The molecule has 0 saturated carbocycles. The summed E-state index contributed by atoms with van der Waals surface area (Å²) in [5, 5.41) is 3.03. The zero-order chi connectivity index (χ0) is 13.9. The number of methoxy groups -OCH3 is 1. The summed E-state index contributed by atoms with van der Waals surface area (Å²) in [6.45, 7) is 0.442. The standard InChI is InChI=1S/C14H15N5O/c1-15-12-7-10(9-20-2)16-14(18-12)11-8-19-6-4-3-5-13(19)17-11/h3-8H,9H2,1-2H3,(H,15,16,18). The molecule has 0 radical (unpaired) electrons. The topological polar surface area (TPSA) is 64.3 Å². The average molecular weight is 269 g/mol. The number of aromatic nitrogens is 4. The summed E-state index contributed by atoms with van der Waals surface area (Å²) < 4.78 is 7.08. The zero-order valence-electron chi connectivity index (χ0n) is 11.4. The summed E-state index contributed by atoms with van der Waals surface area (Å²) in [5.74, 6) is 1.34. The molecule has 0 amide bonds. The lowest BCUT2D eigenvalue weighted by molar-refractivity contribution is 0.181. The van der Waals surface area contributed by atoms with E-state index in [2.05, 4.69) is 20.3 Å². The monoisotopic (exact) mass is 269 g/mol. The fourth-order valence-electron chi connectivity index (χ4n) is 2.00. The first-order valence-electron chi connectivity index (χ1n) is 6.29. The summed E-state index contributed by atoms with van der Waals surface area (Å²) in [4.78, 5) is 13.5. The second kappa shape index (κ2) is 5.26. The van der Waals surface area contributed by atoms with Crippen LogP contribution in [0.2, 0.25) is 0 Å². The minimum atomic E-state index is 0.442. The molecule has 0 unspecified atom stereocenters. The Morgan fingerprint density at radius 2 is 2.15 bits per heavy atom. The van der Waals surface area contributed by atoms with Crippen LogP contribution in [0.5, 0.6) is 0 Å². The Hall–Kier alpha value is -2.47. The lowest BCUT2D eigenvalue weighted by atomic mass is 10.3. The molecular formula is C14H15N5O. The maximum atomic E-state index is 5.13. The van der Waals surface area contributed by atoms with Crippen molar-refractivity contribution < 1.29 is 4.74 Å². The van der Waals surface area contributed by atoms with Gasteiger partial charge in [-0.25, -0.2) is 15.0 Å². The van der Waals surface area contributed by atoms with E-state index < -0.39 is 0 Å². The molecule has 0 aromatic carbocycles. The van der Waals surface area contributed by atoms with E-state index in [4.69, 9.17) is 4.74 Å². The largest absolute Gasteiger partial charge is 0.378 e. The molecule has 0 spiro atoms. The van der Waals surface area contributed by atoms with Gasteiger partial charge in [0.15, 0.2) is 5.82 Å². The lowest BCUT2D eigenvalue weighted by Gasteiger charge is -2.05.